The van der Waals surface area contributed by atoms with Crippen LogP contribution in [0.5, 0.6) is 0 Å². The van der Waals surface area contributed by atoms with E-state index in [0.717, 1.165) is 17.1 Å². The molecule has 0 saturated carbocycles. The second kappa shape index (κ2) is 10.8. The zero-order valence-corrected chi connectivity index (χ0v) is 26.2. The molecule has 2 aliphatic heterocycles. The molecule has 48 heavy (non-hydrogen) atoms. The summed E-state index contributed by atoms with van der Waals surface area (Å²) in [5.74, 6) is 0. The van der Waals surface area contributed by atoms with Gasteiger partial charge in [0.1, 0.15) is 12.2 Å². The summed E-state index contributed by atoms with van der Waals surface area (Å²) in [7, 11) is 0. The molecule has 3 unspecified atom stereocenters. The van der Waals surface area contributed by atoms with Gasteiger partial charge in [0.2, 0.25) is 0 Å². The van der Waals surface area contributed by atoms with Gasteiger partial charge in [-0.05, 0) is 90.1 Å². The Morgan fingerprint density at radius 2 is 1.10 bits per heavy atom. The normalized spacial score (nSPS) is 18.8. The van der Waals surface area contributed by atoms with Crippen molar-refractivity contribution in [1.82, 2.24) is 15.6 Å². The first kappa shape index (κ1) is 27.2. The van der Waals surface area contributed by atoms with Crippen LogP contribution in [0, 0.1) is 0 Å². The first-order valence-electron chi connectivity index (χ1n) is 16.6. The van der Waals surface area contributed by atoms with Gasteiger partial charge in [-0.2, -0.15) is 0 Å². The molecule has 0 fully saturated rings. The van der Waals surface area contributed by atoms with Gasteiger partial charge in [0.15, 0.2) is 0 Å². The van der Waals surface area contributed by atoms with E-state index in [9.17, 15) is 0 Å². The number of nitrogens with zero attached hydrogens (tertiary/aromatic N) is 1. The largest absolute Gasteiger partial charge is 0.364 e. The number of fused-ring (bicyclic) bond motifs is 7. The van der Waals surface area contributed by atoms with E-state index in [1.54, 1.807) is 0 Å². The highest BCUT2D eigenvalue weighted by atomic mass is 15.2. The summed E-state index contributed by atoms with van der Waals surface area (Å²) in [6.07, 6.45) is 4.20. The SMILES string of the molecule is C1=NC(c2ccc(C3NC(c4cc5ccccc5c5ccccc45)=CC(c4cc5ccccc5c5ccccc45)N3)[nH]2)c2ccccc21. The van der Waals surface area contributed by atoms with Crippen molar-refractivity contribution in [3.05, 3.63) is 185 Å². The molecule has 0 radical (unpaired) electrons. The molecular formula is C44H32N4. The fourth-order valence-corrected chi connectivity index (χ4v) is 7.89. The molecule has 0 amide bonds. The predicted octanol–water partition coefficient (Wildman–Crippen LogP) is 10.1. The number of H-pyrrole nitrogens is 1. The number of rotatable bonds is 4. The van der Waals surface area contributed by atoms with Crippen LogP contribution in [-0.4, -0.2) is 11.2 Å². The third-order valence-corrected chi connectivity index (χ3v) is 10.2. The Labute approximate surface area is 278 Å². The number of hydrogen-bond acceptors (Lipinski definition) is 3. The summed E-state index contributed by atoms with van der Waals surface area (Å²) in [5.41, 5.74) is 8.17. The topological polar surface area (TPSA) is 52.2 Å². The zero-order chi connectivity index (χ0) is 31.6. The minimum Gasteiger partial charge on any atom is -0.364 e. The number of aromatic nitrogens is 1. The number of aromatic amines is 1. The lowest BCUT2D eigenvalue weighted by Crippen LogP contribution is -2.40. The molecule has 4 nitrogen and oxygen atoms in total. The number of aliphatic imine (C=N–C) groups is 1. The van der Waals surface area contributed by atoms with Crippen LogP contribution in [0.4, 0.5) is 0 Å². The van der Waals surface area contributed by atoms with Crippen LogP contribution in [0.15, 0.2) is 157 Å². The molecule has 0 aliphatic carbocycles. The molecule has 0 saturated heterocycles. The molecule has 4 heteroatoms. The molecule has 0 bridgehead atoms. The molecule has 0 spiro atoms. The van der Waals surface area contributed by atoms with Crippen molar-refractivity contribution in [2.45, 2.75) is 18.2 Å². The summed E-state index contributed by atoms with van der Waals surface area (Å²) in [6, 6.07) is 52.5. The fourth-order valence-electron chi connectivity index (χ4n) is 7.89. The number of nitrogens with one attached hydrogen (secondary N) is 3. The lowest BCUT2D eigenvalue weighted by Gasteiger charge is -2.33. The summed E-state index contributed by atoms with van der Waals surface area (Å²) >= 11 is 0. The van der Waals surface area contributed by atoms with Gasteiger partial charge in [-0.1, -0.05) is 121 Å². The molecule has 1 aromatic heterocycles. The number of hydrogen-bond donors (Lipinski definition) is 3. The predicted molar refractivity (Wildman–Crippen MR) is 199 cm³/mol. The van der Waals surface area contributed by atoms with Gasteiger partial charge in [0.25, 0.3) is 0 Å². The molecule has 7 aromatic carbocycles. The van der Waals surface area contributed by atoms with Gasteiger partial charge in [-0.3, -0.25) is 10.3 Å². The molecule has 3 N–H and O–H groups in total. The van der Waals surface area contributed by atoms with E-state index in [-0.39, 0.29) is 18.2 Å². The Morgan fingerprint density at radius 3 is 1.90 bits per heavy atom. The van der Waals surface area contributed by atoms with Gasteiger partial charge in [0, 0.05) is 23.2 Å². The monoisotopic (exact) mass is 616 g/mol. The Kier molecular flexibility index (Phi) is 6.11. The Hall–Kier alpha value is -5.97. The van der Waals surface area contributed by atoms with Gasteiger partial charge < -0.3 is 10.3 Å². The molecular weight excluding hydrogens is 585 g/mol. The maximum absolute atomic E-state index is 4.88. The van der Waals surface area contributed by atoms with Crippen molar-refractivity contribution < 1.29 is 0 Å². The first-order valence-corrected chi connectivity index (χ1v) is 16.6. The summed E-state index contributed by atoms with van der Waals surface area (Å²) in [5, 5.41) is 18.0. The van der Waals surface area contributed by atoms with Crippen LogP contribution in [0.1, 0.15) is 51.9 Å². The van der Waals surface area contributed by atoms with Crippen LogP contribution in [0.2, 0.25) is 0 Å². The molecule has 8 aromatic rings. The van der Waals surface area contributed by atoms with Gasteiger partial charge in [-0.25, -0.2) is 0 Å². The van der Waals surface area contributed by atoms with Crippen LogP contribution in [0.3, 0.4) is 0 Å². The second-order valence-corrected chi connectivity index (χ2v) is 12.9. The zero-order valence-electron chi connectivity index (χ0n) is 26.2. The highest BCUT2D eigenvalue weighted by Crippen LogP contribution is 2.40. The third kappa shape index (κ3) is 4.30. The molecule has 3 atom stereocenters. The highest BCUT2D eigenvalue weighted by Gasteiger charge is 2.29. The Balaban J connectivity index is 1.15. The van der Waals surface area contributed by atoms with Crippen LogP contribution < -0.4 is 10.6 Å². The smallest absolute Gasteiger partial charge is 0.119 e. The van der Waals surface area contributed by atoms with Crippen LogP contribution >= 0.6 is 0 Å². The van der Waals surface area contributed by atoms with E-state index < -0.39 is 0 Å². The average molecular weight is 617 g/mol. The lowest BCUT2D eigenvalue weighted by atomic mass is 9.90. The van der Waals surface area contributed by atoms with Crippen molar-refractivity contribution in [2.24, 2.45) is 4.99 Å². The van der Waals surface area contributed by atoms with Gasteiger partial charge in [-0.15, -0.1) is 0 Å². The number of benzene rings is 7. The van der Waals surface area contributed by atoms with E-state index in [0.29, 0.717) is 0 Å². The maximum atomic E-state index is 4.88. The van der Waals surface area contributed by atoms with Crippen molar-refractivity contribution in [2.75, 3.05) is 0 Å². The third-order valence-electron chi connectivity index (χ3n) is 10.2. The van der Waals surface area contributed by atoms with Crippen molar-refractivity contribution >= 4 is 55.0 Å². The minimum atomic E-state index is -0.167. The second-order valence-electron chi connectivity index (χ2n) is 12.9. The van der Waals surface area contributed by atoms with E-state index in [1.807, 2.05) is 6.21 Å². The summed E-state index contributed by atoms with van der Waals surface area (Å²) in [6.45, 7) is 0. The van der Waals surface area contributed by atoms with E-state index >= 15 is 0 Å². The standard InChI is InChI=1S/C44H32N4/c1-4-14-30-27(11-1)23-37(35-19-9-7-17-33(30)35)41-25-42(38-24-28-12-2-5-15-31(28)34-18-8-10-20-36(34)38)48-44(47-41)40-22-21-39(46-40)43-32-16-6-3-13-29(32)26-45-43/h1-26,41,43-44,46-48H. The van der Waals surface area contributed by atoms with E-state index in [4.69, 9.17) is 4.99 Å². The first-order chi connectivity index (χ1) is 23.8. The minimum absolute atomic E-state index is 0.0294. The molecule has 3 heterocycles. The van der Waals surface area contributed by atoms with E-state index in [2.05, 4.69) is 167 Å². The quantitative estimate of drug-likeness (QED) is 0.172. The Bertz CT molecular complexity index is 2610. The van der Waals surface area contributed by atoms with Crippen LogP contribution in [0.25, 0.3) is 48.8 Å². The molecule has 228 valence electrons. The van der Waals surface area contributed by atoms with E-state index in [1.165, 1.54) is 65.3 Å². The molecule has 2 aliphatic rings. The Morgan fingerprint density at radius 1 is 0.500 bits per heavy atom. The summed E-state index contributed by atoms with van der Waals surface area (Å²) in [4.78, 5) is 8.65. The average Bonchev–Trinajstić information content (AvgIpc) is 3.82. The van der Waals surface area contributed by atoms with Crippen LogP contribution in [-0.2, 0) is 0 Å². The highest BCUT2D eigenvalue weighted by molar-refractivity contribution is 6.12. The van der Waals surface area contributed by atoms with Gasteiger partial charge in [0.05, 0.1) is 11.7 Å². The van der Waals surface area contributed by atoms with Crippen molar-refractivity contribution in [3.8, 4) is 0 Å². The lowest BCUT2D eigenvalue weighted by molar-refractivity contribution is 0.436. The van der Waals surface area contributed by atoms with Crippen molar-refractivity contribution in [1.29, 1.82) is 0 Å². The maximum Gasteiger partial charge on any atom is 0.119 e. The fraction of sp³-hybridized carbons (Fsp3) is 0.0682. The van der Waals surface area contributed by atoms with Gasteiger partial charge >= 0.3 is 0 Å². The molecule has 10 rings (SSSR count). The summed E-state index contributed by atoms with van der Waals surface area (Å²) < 4.78 is 0. The van der Waals surface area contributed by atoms with Crippen molar-refractivity contribution in [3.63, 3.8) is 0 Å².